The minimum absolute atomic E-state index is 0.179. The molecule has 0 spiro atoms. The number of halogens is 1. The van der Waals surface area contributed by atoms with Crippen molar-refractivity contribution in [1.82, 2.24) is 14.9 Å². The number of carbonyl (C=O) groups is 1. The number of nitrogens with zero attached hydrogens (tertiary/aromatic N) is 3. The predicted molar refractivity (Wildman–Crippen MR) is 133 cm³/mol. The van der Waals surface area contributed by atoms with E-state index in [9.17, 15) is 9.18 Å². The van der Waals surface area contributed by atoms with Gasteiger partial charge in [-0.25, -0.2) is 9.07 Å². The van der Waals surface area contributed by atoms with E-state index in [-0.39, 0.29) is 18.3 Å². The number of nitrogens with one attached hydrogen (secondary N) is 2. The summed E-state index contributed by atoms with van der Waals surface area (Å²) in [5.74, 6) is 0.767. The van der Waals surface area contributed by atoms with Gasteiger partial charge in [0.25, 0.3) is 0 Å². The van der Waals surface area contributed by atoms with Crippen molar-refractivity contribution in [1.29, 1.82) is 0 Å². The summed E-state index contributed by atoms with van der Waals surface area (Å²) >= 11 is 1.31. The number of fused-ring (bicyclic) bond motifs is 1. The van der Waals surface area contributed by atoms with Crippen LogP contribution in [-0.2, 0) is 11.4 Å². The van der Waals surface area contributed by atoms with Gasteiger partial charge in [0.15, 0.2) is 5.82 Å². The van der Waals surface area contributed by atoms with Gasteiger partial charge in [0.1, 0.15) is 23.4 Å². The highest BCUT2D eigenvalue weighted by molar-refractivity contribution is 8.00. The first-order valence-electron chi connectivity index (χ1n) is 11.2. The molecule has 1 aromatic heterocycles. The van der Waals surface area contributed by atoms with Crippen molar-refractivity contribution in [2.24, 2.45) is 0 Å². The second-order valence-electron chi connectivity index (χ2n) is 8.34. The van der Waals surface area contributed by atoms with E-state index in [0.717, 1.165) is 22.4 Å². The Morgan fingerprint density at radius 3 is 2.63 bits per heavy atom. The molecule has 4 aromatic rings. The third-order valence-electron chi connectivity index (χ3n) is 5.75. The van der Waals surface area contributed by atoms with E-state index in [0.29, 0.717) is 16.7 Å². The second-order valence-corrected chi connectivity index (χ2v) is 9.45. The molecule has 3 aromatic carbocycles. The molecule has 2 atom stereocenters. The summed E-state index contributed by atoms with van der Waals surface area (Å²) < 4.78 is 21.2. The molecule has 35 heavy (non-hydrogen) atoms. The Morgan fingerprint density at radius 1 is 1.09 bits per heavy atom. The topological polar surface area (TPSA) is 81.1 Å². The standard InChI is InChI=1S/C26H24FN5O2S/c1-16-8-9-17(2)21(14-16)28-25(33)24-23(18-10-12-19(27)13-11-18)31-32-22(29-30-26(32)35-24)15-34-20-6-4-3-5-7-20/h3-14,23-24,31H,15H2,1-2H3,(H,28,33). The average molecular weight is 490 g/mol. The SMILES string of the molecule is Cc1ccc(C)c(NC(=O)C2Sc3nnc(COc4ccccc4)n3NC2c2ccc(F)cc2)c1. The molecule has 0 saturated heterocycles. The van der Waals surface area contributed by atoms with Crippen molar-refractivity contribution in [3.05, 3.63) is 101 Å². The molecule has 2 N–H and O–H groups in total. The van der Waals surface area contributed by atoms with Crippen LogP contribution in [0.5, 0.6) is 5.75 Å². The Balaban J connectivity index is 1.43. The van der Waals surface area contributed by atoms with Gasteiger partial charge in [0, 0.05) is 5.69 Å². The summed E-state index contributed by atoms with van der Waals surface area (Å²) in [7, 11) is 0. The van der Waals surface area contributed by atoms with Crippen molar-refractivity contribution < 1.29 is 13.9 Å². The minimum Gasteiger partial charge on any atom is -0.486 e. The predicted octanol–water partition coefficient (Wildman–Crippen LogP) is 5.01. The van der Waals surface area contributed by atoms with Gasteiger partial charge >= 0.3 is 0 Å². The van der Waals surface area contributed by atoms with Crippen LogP contribution in [0.4, 0.5) is 10.1 Å². The van der Waals surface area contributed by atoms with Crippen LogP contribution in [0.2, 0.25) is 0 Å². The van der Waals surface area contributed by atoms with E-state index in [1.165, 1.54) is 23.9 Å². The van der Waals surface area contributed by atoms with E-state index >= 15 is 0 Å². The number of para-hydroxylation sites is 1. The average Bonchev–Trinajstić information content (AvgIpc) is 3.27. The molecule has 178 valence electrons. The number of anilines is 1. The molecule has 0 bridgehead atoms. The van der Waals surface area contributed by atoms with Crippen LogP contribution >= 0.6 is 11.8 Å². The van der Waals surface area contributed by atoms with Crippen molar-refractivity contribution in [3.63, 3.8) is 0 Å². The largest absolute Gasteiger partial charge is 0.486 e. The highest BCUT2D eigenvalue weighted by Gasteiger charge is 2.38. The summed E-state index contributed by atoms with van der Waals surface area (Å²) in [4.78, 5) is 13.5. The maximum absolute atomic E-state index is 13.6. The smallest absolute Gasteiger partial charge is 0.240 e. The Hall–Kier alpha value is -3.85. The van der Waals surface area contributed by atoms with Crippen molar-refractivity contribution in [2.75, 3.05) is 10.7 Å². The maximum Gasteiger partial charge on any atom is 0.240 e. The number of hydrogen-bond acceptors (Lipinski definition) is 6. The molecule has 5 rings (SSSR count). The summed E-state index contributed by atoms with van der Waals surface area (Å²) in [6.45, 7) is 4.13. The number of ether oxygens (including phenoxy) is 1. The van der Waals surface area contributed by atoms with Gasteiger partial charge in [-0.2, -0.15) is 0 Å². The second kappa shape index (κ2) is 9.79. The number of hydrogen-bond donors (Lipinski definition) is 2. The summed E-state index contributed by atoms with van der Waals surface area (Å²) in [5, 5.41) is 11.6. The molecule has 2 unspecified atom stereocenters. The van der Waals surface area contributed by atoms with Crippen molar-refractivity contribution in [3.8, 4) is 5.75 Å². The summed E-state index contributed by atoms with van der Waals surface area (Å²) in [5.41, 5.74) is 6.93. The molecule has 7 nitrogen and oxygen atoms in total. The molecule has 0 saturated carbocycles. The van der Waals surface area contributed by atoms with Gasteiger partial charge in [-0.15, -0.1) is 10.2 Å². The molecule has 1 aliphatic heterocycles. The minimum atomic E-state index is -0.569. The van der Waals surface area contributed by atoms with Crippen LogP contribution in [0, 0.1) is 19.7 Å². The van der Waals surface area contributed by atoms with Crippen LogP contribution in [0.25, 0.3) is 0 Å². The van der Waals surface area contributed by atoms with Gasteiger partial charge in [-0.1, -0.05) is 54.2 Å². The lowest BCUT2D eigenvalue weighted by molar-refractivity contribution is -0.116. The number of carbonyl (C=O) groups excluding carboxylic acids is 1. The fraction of sp³-hybridized carbons (Fsp3) is 0.192. The Morgan fingerprint density at radius 2 is 1.86 bits per heavy atom. The van der Waals surface area contributed by atoms with E-state index in [1.54, 1.807) is 16.8 Å². The summed E-state index contributed by atoms with van der Waals surface area (Å²) in [6, 6.07) is 21.1. The number of benzene rings is 3. The van der Waals surface area contributed by atoms with Crippen LogP contribution < -0.4 is 15.5 Å². The lowest BCUT2D eigenvalue weighted by Gasteiger charge is -2.33. The monoisotopic (exact) mass is 489 g/mol. The third kappa shape index (κ3) is 5.00. The Bertz CT molecular complexity index is 1340. The quantitative estimate of drug-likeness (QED) is 0.396. The number of thioether (sulfide) groups is 1. The lowest BCUT2D eigenvalue weighted by atomic mass is 10.0. The third-order valence-corrected chi connectivity index (χ3v) is 6.97. The van der Waals surface area contributed by atoms with Crippen LogP contribution in [0.1, 0.15) is 28.6 Å². The fourth-order valence-corrected chi connectivity index (χ4v) is 4.95. The number of aryl methyl sites for hydroxylation is 2. The molecule has 0 radical (unpaired) electrons. The molecule has 1 aliphatic rings. The Kier molecular flexibility index (Phi) is 6.41. The highest BCUT2D eigenvalue weighted by Crippen LogP contribution is 2.38. The summed E-state index contributed by atoms with van der Waals surface area (Å²) in [6.07, 6.45) is 0. The highest BCUT2D eigenvalue weighted by atomic mass is 32.2. The lowest BCUT2D eigenvalue weighted by Crippen LogP contribution is -2.41. The first kappa shape index (κ1) is 22.9. The first-order chi connectivity index (χ1) is 17.0. The van der Waals surface area contributed by atoms with Gasteiger partial charge in [0.2, 0.25) is 11.1 Å². The molecular formula is C26H24FN5O2S. The van der Waals surface area contributed by atoms with E-state index < -0.39 is 11.3 Å². The van der Waals surface area contributed by atoms with Gasteiger partial charge in [-0.3, -0.25) is 4.79 Å². The number of rotatable bonds is 6. The molecule has 1 amide bonds. The maximum atomic E-state index is 13.6. The van der Waals surface area contributed by atoms with Crippen molar-refractivity contribution in [2.45, 2.75) is 36.9 Å². The number of aromatic nitrogens is 3. The molecule has 0 aliphatic carbocycles. The zero-order valence-corrected chi connectivity index (χ0v) is 20.1. The van der Waals surface area contributed by atoms with Crippen LogP contribution in [-0.4, -0.2) is 26.0 Å². The number of amides is 1. The van der Waals surface area contributed by atoms with Crippen LogP contribution in [0.15, 0.2) is 78.0 Å². The zero-order chi connectivity index (χ0) is 24.4. The Labute approximate surface area is 206 Å². The zero-order valence-electron chi connectivity index (χ0n) is 19.2. The van der Waals surface area contributed by atoms with E-state index in [4.69, 9.17) is 4.74 Å². The van der Waals surface area contributed by atoms with Gasteiger partial charge in [-0.05, 0) is 60.9 Å². The molecule has 0 fully saturated rings. The molecule has 2 heterocycles. The normalized spacial score (nSPS) is 16.8. The fourth-order valence-electron chi connectivity index (χ4n) is 3.85. The van der Waals surface area contributed by atoms with Gasteiger partial charge in [0.05, 0.1) is 6.04 Å². The van der Waals surface area contributed by atoms with E-state index in [1.807, 2.05) is 62.4 Å². The van der Waals surface area contributed by atoms with E-state index in [2.05, 4.69) is 20.9 Å². The van der Waals surface area contributed by atoms with Gasteiger partial charge < -0.3 is 15.5 Å². The van der Waals surface area contributed by atoms with Crippen LogP contribution in [0.3, 0.4) is 0 Å². The molecular weight excluding hydrogens is 465 g/mol. The van der Waals surface area contributed by atoms with Crippen molar-refractivity contribution >= 4 is 23.4 Å². The first-order valence-corrected chi connectivity index (χ1v) is 12.0. The molecule has 9 heteroatoms.